The lowest BCUT2D eigenvalue weighted by Crippen LogP contribution is -2.47. The summed E-state index contributed by atoms with van der Waals surface area (Å²) in [4.78, 5) is 76.1. The number of aromatic nitrogens is 2. The number of fused-ring (bicyclic) bond motifs is 6. The lowest BCUT2D eigenvalue weighted by molar-refractivity contribution is -0.146. The van der Waals surface area contributed by atoms with E-state index in [1.165, 1.54) is 24.0 Å². The van der Waals surface area contributed by atoms with Gasteiger partial charge in [-0.05, 0) is 93.5 Å². The molecule has 64 heavy (non-hydrogen) atoms. The lowest BCUT2D eigenvalue weighted by Gasteiger charge is -2.39. The lowest BCUT2D eigenvalue weighted by atomic mass is 9.85. The van der Waals surface area contributed by atoms with Crippen LogP contribution in [-0.4, -0.2) is 117 Å². The number of nitrogens with zero attached hydrogens (tertiary/aromatic N) is 4. The first-order valence-electron chi connectivity index (χ1n) is 21.4. The fourth-order valence-electron chi connectivity index (χ4n) is 9.24. The van der Waals surface area contributed by atoms with Gasteiger partial charge in [0.15, 0.2) is 11.5 Å². The molecule has 5 atom stereocenters. The molecule has 8 rings (SSSR count). The predicted molar refractivity (Wildman–Crippen MR) is 234 cm³/mol. The summed E-state index contributed by atoms with van der Waals surface area (Å²) in [5.41, 5.74) is 2.59. The summed E-state index contributed by atoms with van der Waals surface area (Å²) in [7, 11) is 2.56. The van der Waals surface area contributed by atoms with Gasteiger partial charge < -0.3 is 33.5 Å². The van der Waals surface area contributed by atoms with Crippen LogP contribution in [0.1, 0.15) is 112 Å². The maximum absolute atomic E-state index is 13.4. The number of Topliss-reactive ketones (excluding diaryl/α,β-unsaturated/α-hetero) is 1. The zero-order valence-electron chi connectivity index (χ0n) is 38.7. The molecule has 0 radical (unpaired) electrons. The summed E-state index contributed by atoms with van der Waals surface area (Å²) in [6.07, 6.45) is -1.48. The Kier molecular flexibility index (Phi) is 11.9. The molecule has 1 unspecified atom stereocenters. The Balaban J connectivity index is 0.000000191. The Bertz CT molecular complexity index is 2580. The van der Waals surface area contributed by atoms with E-state index in [1.807, 2.05) is 57.2 Å². The maximum Gasteiger partial charge on any atom is 0.411 e. The SMILES string of the molecule is COC(=O)[C@@H]1C[C@]2(CC(=O)c3c(c(C)nc4ccc(C)cc34)O2)CN1C(=O)OC(C)(C)C.COC(=O)[C@@H]1C[C@]2(CC(O)c3c(c(C)nc4ccc(C)cc34)O2)CN1C(=O)OC(C)(C)C. The van der Waals surface area contributed by atoms with E-state index in [0.717, 1.165) is 32.9 Å². The Morgan fingerprint density at radius 3 is 1.66 bits per heavy atom. The first kappa shape index (κ1) is 46.0. The van der Waals surface area contributed by atoms with Crippen LogP contribution in [-0.2, 0) is 28.5 Å². The summed E-state index contributed by atoms with van der Waals surface area (Å²) in [6, 6.07) is 9.91. The molecule has 4 aliphatic heterocycles. The summed E-state index contributed by atoms with van der Waals surface area (Å²) in [5, 5.41) is 12.8. The van der Waals surface area contributed by atoms with Crippen LogP contribution < -0.4 is 9.47 Å². The number of likely N-dealkylation sites (tertiary alicyclic amines) is 2. The van der Waals surface area contributed by atoms with Crippen molar-refractivity contribution in [1.82, 2.24) is 19.8 Å². The first-order chi connectivity index (χ1) is 29.9. The van der Waals surface area contributed by atoms with Gasteiger partial charge in [-0.15, -0.1) is 0 Å². The van der Waals surface area contributed by atoms with Gasteiger partial charge in [0, 0.05) is 35.6 Å². The van der Waals surface area contributed by atoms with Gasteiger partial charge >= 0.3 is 24.1 Å². The Labute approximate surface area is 372 Å². The van der Waals surface area contributed by atoms with Crippen LogP contribution in [0.3, 0.4) is 0 Å². The van der Waals surface area contributed by atoms with Crippen molar-refractivity contribution >= 4 is 51.7 Å². The molecule has 4 aliphatic rings. The monoisotopic (exact) mass is 882 g/mol. The molecule has 2 saturated heterocycles. The molecule has 0 saturated carbocycles. The first-order valence-corrected chi connectivity index (χ1v) is 21.4. The van der Waals surface area contributed by atoms with E-state index >= 15 is 0 Å². The van der Waals surface area contributed by atoms with Crippen molar-refractivity contribution in [3.8, 4) is 11.5 Å². The molecule has 2 aromatic carbocycles. The van der Waals surface area contributed by atoms with Crippen LogP contribution in [0.5, 0.6) is 11.5 Å². The summed E-state index contributed by atoms with van der Waals surface area (Å²) in [6.45, 7) is 18.3. The fourth-order valence-corrected chi connectivity index (χ4v) is 9.24. The molecule has 16 nitrogen and oxygen atoms in total. The number of aryl methyl sites for hydroxylation is 4. The number of aliphatic hydroxyl groups is 1. The number of esters is 2. The third kappa shape index (κ3) is 8.88. The topological polar surface area (TPSA) is 193 Å². The number of ketones is 1. The van der Waals surface area contributed by atoms with Crippen molar-refractivity contribution in [1.29, 1.82) is 0 Å². The van der Waals surface area contributed by atoms with Crippen LogP contribution in [0.4, 0.5) is 9.59 Å². The van der Waals surface area contributed by atoms with E-state index in [-0.39, 0.29) is 44.6 Å². The van der Waals surface area contributed by atoms with Gasteiger partial charge in [0.25, 0.3) is 0 Å². The zero-order chi connectivity index (χ0) is 46.8. The molecule has 342 valence electrons. The third-order valence-corrected chi connectivity index (χ3v) is 11.9. The van der Waals surface area contributed by atoms with Crippen LogP contribution in [0, 0.1) is 27.7 Å². The predicted octanol–water partition coefficient (Wildman–Crippen LogP) is 7.33. The number of benzene rings is 2. The molecule has 16 heteroatoms. The van der Waals surface area contributed by atoms with E-state index in [1.54, 1.807) is 48.5 Å². The number of amides is 2. The number of carbonyl (C=O) groups is 5. The Morgan fingerprint density at radius 2 is 1.14 bits per heavy atom. The van der Waals surface area contributed by atoms with Crippen LogP contribution in [0.15, 0.2) is 36.4 Å². The highest BCUT2D eigenvalue weighted by Crippen LogP contribution is 2.49. The second kappa shape index (κ2) is 16.5. The number of pyridine rings is 2. The molecule has 0 aliphatic carbocycles. The minimum Gasteiger partial charge on any atom is -0.483 e. The summed E-state index contributed by atoms with van der Waals surface area (Å²) in [5.74, 6) is -0.285. The van der Waals surface area contributed by atoms with Crippen LogP contribution in [0.25, 0.3) is 21.8 Å². The fraction of sp³-hybridized carbons (Fsp3) is 0.521. The van der Waals surface area contributed by atoms with E-state index in [2.05, 4.69) is 9.97 Å². The second-order valence-electron chi connectivity index (χ2n) is 19.5. The average Bonchev–Trinajstić information content (AvgIpc) is 3.75. The van der Waals surface area contributed by atoms with Gasteiger partial charge in [-0.2, -0.15) is 0 Å². The van der Waals surface area contributed by atoms with E-state index in [0.29, 0.717) is 34.0 Å². The van der Waals surface area contributed by atoms with Crippen molar-refractivity contribution < 1.29 is 57.5 Å². The van der Waals surface area contributed by atoms with Crippen molar-refractivity contribution in [3.05, 3.63) is 70.0 Å². The van der Waals surface area contributed by atoms with Crippen molar-refractivity contribution in [2.75, 3.05) is 27.3 Å². The minimum atomic E-state index is -1.05. The van der Waals surface area contributed by atoms with Gasteiger partial charge in [0.1, 0.15) is 40.2 Å². The largest absolute Gasteiger partial charge is 0.483 e. The quantitative estimate of drug-likeness (QED) is 0.155. The minimum absolute atomic E-state index is 0.0398. The van der Waals surface area contributed by atoms with E-state index < -0.39 is 64.7 Å². The number of methoxy groups -OCH3 is 2. The molecule has 1 N–H and O–H groups in total. The van der Waals surface area contributed by atoms with Crippen molar-refractivity contribution in [2.24, 2.45) is 0 Å². The van der Waals surface area contributed by atoms with E-state index in [4.69, 9.17) is 28.4 Å². The highest BCUT2D eigenvalue weighted by molar-refractivity contribution is 6.11. The van der Waals surface area contributed by atoms with E-state index in [9.17, 15) is 29.1 Å². The molecule has 6 heterocycles. The maximum atomic E-state index is 13.4. The Hall–Kier alpha value is -6.03. The van der Waals surface area contributed by atoms with Gasteiger partial charge in [-0.1, -0.05) is 23.3 Å². The van der Waals surface area contributed by atoms with Crippen LogP contribution >= 0.6 is 0 Å². The molecule has 0 bridgehead atoms. The summed E-state index contributed by atoms with van der Waals surface area (Å²) < 4.78 is 33.8. The molecule has 2 aromatic heterocycles. The number of hydrogen-bond acceptors (Lipinski definition) is 14. The van der Waals surface area contributed by atoms with Gasteiger partial charge in [-0.25, -0.2) is 29.1 Å². The third-order valence-electron chi connectivity index (χ3n) is 11.9. The summed E-state index contributed by atoms with van der Waals surface area (Å²) >= 11 is 0. The van der Waals surface area contributed by atoms with Crippen molar-refractivity contribution in [3.63, 3.8) is 0 Å². The second-order valence-corrected chi connectivity index (χ2v) is 19.5. The Morgan fingerprint density at radius 1 is 0.688 bits per heavy atom. The molecular formula is C48H58N4O12. The van der Waals surface area contributed by atoms with Crippen molar-refractivity contribution in [2.45, 2.75) is 136 Å². The molecule has 2 fully saturated rings. The molecule has 4 aromatic rings. The molecule has 2 amide bonds. The molecular weight excluding hydrogens is 825 g/mol. The number of rotatable bonds is 2. The highest BCUT2D eigenvalue weighted by atomic mass is 16.6. The standard InChI is InChI=1S/C24H30N2O6.C24H28N2O6/c2*1-13-7-8-16-15(9-13)19-18(27)11-24(31-20(19)14(2)25-16)10-17(21(28)30-6)26(12-24)22(29)32-23(3,4)5/h7-9,17-18,27H,10-12H2,1-6H3;7-9,17H,10-12H2,1-6H3/t17-,18?,24-;17-,24-/m00/s1. The molecule has 2 spiro atoms. The number of carbonyl (C=O) groups excluding carboxylic acids is 5. The smallest absolute Gasteiger partial charge is 0.411 e. The van der Waals surface area contributed by atoms with Gasteiger partial charge in [0.2, 0.25) is 0 Å². The number of hydrogen-bond donors (Lipinski definition) is 1. The average molecular weight is 883 g/mol. The normalized spacial score (nSPS) is 23.8. The zero-order valence-corrected chi connectivity index (χ0v) is 38.7. The van der Waals surface area contributed by atoms with Crippen LogP contribution in [0.2, 0.25) is 0 Å². The van der Waals surface area contributed by atoms with Gasteiger partial charge in [-0.3, -0.25) is 14.6 Å². The highest BCUT2D eigenvalue weighted by Gasteiger charge is 2.57. The number of ether oxygens (including phenoxy) is 6. The van der Waals surface area contributed by atoms with Gasteiger partial charge in [0.05, 0.1) is 67.8 Å². The number of aliphatic hydroxyl groups excluding tert-OH is 1.